The maximum absolute atomic E-state index is 11.2. The normalized spacial score (nSPS) is 10.6. The van der Waals surface area contributed by atoms with Gasteiger partial charge in [0.25, 0.3) is 0 Å². The Morgan fingerprint density at radius 3 is 2.64 bits per heavy atom. The fourth-order valence-corrected chi connectivity index (χ4v) is 2.94. The second-order valence-corrected chi connectivity index (χ2v) is 6.27. The Morgan fingerprint density at radius 1 is 0.929 bits per heavy atom. The van der Waals surface area contributed by atoms with Gasteiger partial charge >= 0.3 is 0 Å². The third-order valence-corrected chi connectivity index (χ3v) is 4.30. The highest BCUT2D eigenvalue weighted by atomic mass is 16.5. The fraction of sp³-hybridized carbons (Fsp3) is 0.0435. The van der Waals surface area contributed by atoms with Crippen LogP contribution in [-0.4, -0.2) is 11.0 Å². The zero-order valence-electron chi connectivity index (χ0n) is 15.0. The zero-order chi connectivity index (χ0) is 19.3. The fourth-order valence-electron chi connectivity index (χ4n) is 2.94. The predicted molar refractivity (Wildman–Crippen MR) is 107 cm³/mol. The molecule has 0 saturated carbocycles. The number of rotatable bonds is 6. The molecule has 0 aliphatic heterocycles. The first kappa shape index (κ1) is 17.5. The molecule has 0 radical (unpaired) electrons. The summed E-state index contributed by atoms with van der Waals surface area (Å²) in [5.41, 5.74) is 3.06. The third kappa shape index (κ3) is 3.94. The number of ether oxygens (including phenoxy) is 1. The highest BCUT2D eigenvalue weighted by molar-refractivity contribution is 5.93. The van der Waals surface area contributed by atoms with Gasteiger partial charge in [0.05, 0.1) is 17.2 Å². The molecule has 138 valence electrons. The molecule has 28 heavy (non-hydrogen) atoms. The average molecular weight is 369 g/mol. The SMILES string of the molecule is O=C([O-])c1ccccc1Nc1cccc(OCc2ccc3ccccc3n2)c1. The van der Waals surface area contributed by atoms with Crippen molar-refractivity contribution in [3.8, 4) is 5.75 Å². The number of para-hydroxylation sites is 2. The number of aromatic nitrogens is 1. The largest absolute Gasteiger partial charge is 0.545 e. The molecule has 3 aromatic carbocycles. The first-order valence-corrected chi connectivity index (χ1v) is 8.84. The summed E-state index contributed by atoms with van der Waals surface area (Å²) in [6.07, 6.45) is 0. The van der Waals surface area contributed by atoms with Crippen molar-refractivity contribution < 1.29 is 14.6 Å². The Morgan fingerprint density at radius 2 is 1.75 bits per heavy atom. The first-order chi connectivity index (χ1) is 13.7. The van der Waals surface area contributed by atoms with E-state index >= 15 is 0 Å². The minimum Gasteiger partial charge on any atom is -0.545 e. The maximum Gasteiger partial charge on any atom is 0.130 e. The van der Waals surface area contributed by atoms with Crippen molar-refractivity contribution in [2.24, 2.45) is 0 Å². The van der Waals surface area contributed by atoms with E-state index in [0.29, 0.717) is 18.0 Å². The summed E-state index contributed by atoms with van der Waals surface area (Å²) in [7, 11) is 0. The lowest BCUT2D eigenvalue weighted by Crippen LogP contribution is -2.23. The van der Waals surface area contributed by atoms with Crippen molar-refractivity contribution in [3.63, 3.8) is 0 Å². The van der Waals surface area contributed by atoms with Crippen LogP contribution in [0.15, 0.2) is 84.9 Å². The van der Waals surface area contributed by atoms with Gasteiger partial charge in [0.2, 0.25) is 0 Å². The molecule has 1 heterocycles. The summed E-state index contributed by atoms with van der Waals surface area (Å²) in [6, 6.07) is 25.9. The van der Waals surface area contributed by atoms with E-state index < -0.39 is 5.97 Å². The van der Waals surface area contributed by atoms with E-state index in [-0.39, 0.29) is 5.56 Å². The molecule has 1 aromatic heterocycles. The predicted octanol–water partition coefficient (Wildman–Crippen LogP) is 3.92. The number of anilines is 2. The van der Waals surface area contributed by atoms with Crippen molar-refractivity contribution in [2.75, 3.05) is 5.32 Å². The van der Waals surface area contributed by atoms with Crippen LogP contribution in [0.2, 0.25) is 0 Å². The smallest absolute Gasteiger partial charge is 0.130 e. The summed E-state index contributed by atoms with van der Waals surface area (Å²) in [4.78, 5) is 15.8. The Bertz CT molecular complexity index is 1140. The van der Waals surface area contributed by atoms with Crippen LogP contribution >= 0.6 is 0 Å². The summed E-state index contributed by atoms with van der Waals surface area (Å²) >= 11 is 0. The molecule has 5 heteroatoms. The number of nitrogens with zero attached hydrogens (tertiary/aromatic N) is 1. The molecule has 0 atom stereocenters. The van der Waals surface area contributed by atoms with Gasteiger partial charge in [-0.15, -0.1) is 0 Å². The molecule has 0 aliphatic rings. The average Bonchev–Trinajstić information content (AvgIpc) is 2.73. The van der Waals surface area contributed by atoms with Gasteiger partial charge in [-0.3, -0.25) is 0 Å². The Labute approximate surface area is 162 Å². The Balaban J connectivity index is 1.48. The van der Waals surface area contributed by atoms with Crippen LogP contribution in [0.4, 0.5) is 11.4 Å². The molecule has 4 rings (SSSR count). The van der Waals surface area contributed by atoms with Gasteiger partial charge in [-0.2, -0.15) is 0 Å². The number of hydrogen-bond acceptors (Lipinski definition) is 5. The van der Waals surface area contributed by atoms with Crippen molar-refractivity contribution >= 4 is 28.2 Å². The minimum absolute atomic E-state index is 0.106. The van der Waals surface area contributed by atoms with E-state index in [0.717, 1.165) is 22.3 Å². The summed E-state index contributed by atoms with van der Waals surface area (Å²) in [5, 5.41) is 15.4. The highest BCUT2D eigenvalue weighted by Crippen LogP contribution is 2.24. The molecule has 0 spiro atoms. The molecule has 0 aliphatic carbocycles. The molecule has 0 unspecified atom stereocenters. The van der Waals surface area contributed by atoms with Crippen LogP contribution < -0.4 is 15.2 Å². The number of fused-ring (bicyclic) bond motifs is 1. The second-order valence-electron chi connectivity index (χ2n) is 6.27. The number of carbonyl (C=O) groups is 1. The molecule has 0 amide bonds. The van der Waals surface area contributed by atoms with Crippen molar-refractivity contribution in [3.05, 3.63) is 96.2 Å². The minimum atomic E-state index is -1.22. The van der Waals surface area contributed by atoms with Gasteiger partial charge in [-0.1, -0.05) is 48.5 Å². The van der Waals surface area contributed by atoms with Crippen LogP contribution in [0.3, 0.4) is 0 Å². The number of nitrogens with one attached hydrogen (secondary N) is 1. The van der Waals surface area contributed by atoms with E-state index in [2.05, 4.69) is 10.3 Å². The lowest BCUT2D eigenvalue weighted by atomic mass is 10.1. The number of pyridine rings is 1. The monoisotopic (exact) mass is 369 g/mol. The number of carboxylic acid groups (broad SMARTS) is 1. The standard InChI is InChI=1S/C23H18N2O3/c26-23(27)20-9-2-4-11-22(20)24-17-7-5-8-19(14-17)28-15-18-13-12-16-6-1-3-10-21(16)25-18/h1-14,24H,15H2,(H,26,27)/p-1. The molecule has 0 fully saturated rings. The molecule has 0 saturated heterocycles. The number of benzene rings is 3. The van der Waals surface area contributed by atoms with Gasteiger partial charge in [-0.25, -0.2) is 4.98 Å². The lowest BCUT2D eigenvalue weighted by Gasteiger charge is -2.13. The zero-order valence-corrected chi connectivity index (χ0v) is 15.0. The van der Waals surface area contributed by atoms with E-state index in [1.165, 1.54) is 6.07 Å². The maximum atomic E-state index is 11.2. The van der Waals surface area contributed by atoms with E-state index in [9.17, 15) is 9.90 Å². The second kappa shape index (κ2) is 7.80. The van der Waals surface area contributed by atoms with E-state index in [1.54, 1.807) is 18.2 Å². The van der Waals surface area contributed by atoms with Crippen LogP contribution in [0, 0.1) is 0 Å². The summed E-state index contributed by atoms with van der Waals surface area (Å²) < 4.78 is 5.87. The van der Waals surface area contributed by atoms with Crippen molar-refractivity contribution in [1.29, 1.82) is 0 Å². The van der Waals surface area contributed by atoms with Crippen LogP contribution in [-0.2, 0) is 6.61 Å². The van der Waals surface area contributed by atoms with Gasteiger partial charge < -0.3 is 20.0 Å². The number of hydrogen-bond donors (Lipinski definition) is 1. The highest BCUT2D eigenvalue weighted by Gasteiger charge is 2.05. The van der Waals surface area contributed by atoms with Crippen LogP contribution in [0.1, 0.15) is 16.1 Å². The number of carboxylic acids is 1. The van der Waals surface area contributed by atoms with Crippen molar-refractivity contribution in [2.45, 2.75) is 6.61 Å². The summed E-state index contributed by atoms with van der Waals surface area (Å²) in [6.45, 7) is 0.337. The third-order valence-electron chi connectivity index (χ3n) is 4.30. The van der Waals surface area contributed by atoms with E-state index in [4.69, 9.17) is 4.74 Å². The Hall–Kier alpha value is -3.86. The molecular formula is C23H17N2O3-. The van der Waals surface area contributed by atoms with Crippen LogP contribution in [0.5, 0.6) is 5.75 Å². The first-order valence-electron chi connectivity index (χ1n) is 8.84. The molecule has 0 bridgehead atoms. The summed E-state index contributed by atoms with van der Waals surface area (Å²) in [5.74, 6) is -0.566. The molecule has 5 nitrogen and oxygen atoms in total. The lowest BCUT2D eigenvalue weighted by molar-refractivity contribution is -0.254. The quantitative estimate of drug-likeness (QED) is 0.558. The molecule has 4 aromatic rings. The van der Waals surface area contributed by atoms with Gasteiger partial charge in [0.1, 0.15) is 12.4 Å². The van der Waals surface area contributed by atoms with E-state index in [1.807, 2.05) is 60.7 Å². The number of aromatic carboxylic acids is 1. The van der Waals surface area contributed by atoms with Crippen LogP contribution in [0.25, 0.3) is 10.9 Å². The van der Waals surface area contributed by atoms with Gasteiger partial charge in [-0.05, 0) is 30.3 Å². The Kier molecular flexibility index (Phi) is 4.89. The molecular weight excluding hydrogens is 352 g/mol. The van der Waals surface area contributed by atoms with Gasteiger partial charge in [0.15, 0.2) is 0 Å². The topological polar surface area (TPSA) is 74.3 Å². The van der Waals surface area contributed by atoms with Gasteiger partial charge in [0, 0.05) is 28.4 Å². The molecule has 1 N–H and O–H groups in total. The number of carbonyl (C=O) groups excluding carboxylic acids is 1. The van der Waals surface area contributed by atoms with Crippen molar-refractivity contribution in [1.82, 2.24) is 4.98 Å².